The van der Waals surface area contributed by atoms with Crippen LogP contribution in [0.15, 0.2) is 24.3 Å². The second-order valence-electron chi connectivity index (χ2n) is 7.85. The molecular weight excluding hydrogens is 332 g/mol. The first kappa shape index (κ1) is 17.9. The van der Waals surface area contributed by atoms with Crippen LogP contribution in [0.4, 0.5) is 5.13 Å². The summed E-state index contributed by atoms with van der Waals surface area (Å²) in [5.41, 5.74) is 2.50. The molecule has 0 aliphatic heterocycles. The van der Waals surface area contributed by atoms with Gasteiger partial charge >= 0.3 is 0 Å². The van der Waals surface area contributed by atoms with Gasteiger partial charge in [-0.1, -0.05) is 39.8 Å². The molecule has 134 valence electrons. The summed E-state index contributed by atoms with van der Waals surface area (Å²) in [6.45, 7) is 8.77. The Kier molecular flexibility index (Phi) is 5.13. The molecule has 4 nitrogen and oxygen atoms in total. The first-order valence-corrected chi connectivity index (χ1v) is 9.64. The molecule has 3 rings (SSSR count). The Morgan fingerprint density at radius 2 is 2.04 bits per heavy atom. The lowest BCUT2D eigenvalue weighted by Gasteiger charge is -2.19. The number of fused-ring (bicyclic) bond motifs is 1. The smallest absolute Gasteiger partial charge is 0.264 e. The van der Waals surface area contributed by atoms with E-state index in [0.717, 1.165) is 18.5 Å². The zero-order chi connectivity index (χ0) is 18.0. The summed E-state index contributed by atoms with van der Waals surface area (Å²) in [6, 6.07) is 7.92. The molecule has 1 heterocycles. The van der Waals surface area contributed by atoms with Crippen molar-refractivity contribution in [3.8, 4) is 5.75 Å². The van der Waals surface area contributed by atoms with Gasteiger partial charge in [0, 0.05) is 4.88 Å². The molecule has 1 aliphatic carbocycles. The molecule has 5 heteroatoms. The van der Waals surface area contributed by atoms with E-state index < -0.39 is 0 Å². The minimum Gasteiger partial charge on any atom is -0.484 e. The third-order valence-corrected chi connectivity index (χ3v) is 5.56. The van der Waals surface area contributed by atoms with Crippen molar-refractivity contribution in [2.75, 3.05) is 11.9 Å². The molecule has 0 saturated heterocycles. The van der Waals surface area contributed by atoms with E-state index in [2.05, 4.69) is 38.0 Å². The lowest BCUT2D eigenvalue weighted by molar-refractivity contribution is -0.118. The van der Waals surface area contributed by atoms with Gasteiger partial charge in [0.2, 0.25) is 0 Å². The molecule has 1 aliphatic rings. The number of amides is 1. The van der Waals surface area contributed by atoms with Crippen LogP contribution in [0.5, 0.6) is 5.75 Å². The fourth-order valence-electron chi connectivity index (χ4n) is 2.95. The number of thiazole rings is 1. The Hall–Kier alpha value is -1.88. The molecule has 1 atom stereocenters. The third kappa shape index (κ3) is 4.60. The molecule has 1 aromatic carbocycles. The predicted molar refractivity (Wildman–Crippen MR) is 103 cm³/mol. The van der Waals surface area contributed by atoms with Gasteiger partial charge in [0.05, 0.1) is 5.69 Å². The average molecular weight is 359 g/mol. The largest absolute Gasteiger partial charge is 0.484 e. The van der Waals surface area contributed by atoms with Crippen molar-refractivity contribution in [2.24, 2.45) is 5.92 Å². The predicted octanol–water partition coefficient (Wildman–Crippen LogP) is 4.58. The molecule has 0 radical (unpaired) electrons. The molecule has 0 saturated carbocycles. The number of nitrogens with one attached hydrogen (secondary N) is 1. The third-order valence-electron chi connectivity index (χ3n) is 4.52. The standard InChI is InChI=1S/C20H26N2O2S/c1-13-5-10-16-17(11-13)25-19(21-16)22-18(23)12-24-15-8-6-14(7-9-15)20(2,3)4/h6-9,13H,5,10-12H2,1-4H3,(H,21,22,23). The first-order valence-electron chi connectivity index (χ1n) is 8.83. The van der Waals surface area contributed by atoms with E-state index in [9.17, 15) is 4.79 Å². The summed E-state index contributed by atoms with van der Waals surface area (Å²) in [7, 11) is 0. The zero-order valence-corrected chi connectivity index (χ0v) is 16.2. The highest BCUT2D eigenvalue weighted by molar-refractivity contribution is 7.15. The van der Waals surface area contributed by atoms with Gasteiger partial charge in [0.1, 0.15) is 5.75 Å². The van der Waals surface area contributed by atoms with E-state index in [-0.39, 0.29) is 17.9 Å². The molecule has 25 heavy (non-hydrogen) atoms. The maximum Gasteiger partial charge on any atom is 0.264 e. The van der Waals surface area contributed by atoms with Gasteiger partial charge in [0.25, 0.3) is 5.91 Å². The Labute approximate surface area is 153 Å². The second-order valence-corrected chi connectivity index (χ2v) is 8.93. The topological polar surface area (TPSA) is 51.2 Å². The number of ether oxygens (including phenoxy) is 1. The Bertz CT molecular complexity index is 744. The van der Waals surface area contributed by atoms with Crippen LogP contribution in [-0.2, 0) is 23.1 Å². The van der Waals surface area contributed by atoms with Gasteiger partial charge in [-0.3, -0.25) is 10.1 Å². The quantitative estimate of drug-likeness (QED) is 0.870. The molecule has 1 N–H and O–H groups in total. The highest BCUT2D eigenvalue weighted by Crippen LogP contribution is 2.32. The molecule has 1 aromatic heterocycles. The molecule has 2 aromatic rings. The average Bonchev–Trinajstić information content (AvgIpc) is 2.93. The van der Waals surface area contributed by atoms with Gasteiger partial charge in [-0.05, 0) is 48.3 Å². The number of carbonyl (C=O) groups excluding carboxylic acids is 1. The van der Waals surface area contributed by atoms with E-state index in [0.29, 0.717) is 16.8 Å². The summed E-state index contributed by atoms with van der Waals surface area (Å²) in [4.78, 5) is 18.0. The van der Waals surface area contributed by atoms with Crippen molar-refractivity contribution in [1.82, 2.24) is 4.98 Å². The van der Waals surface area contributed by atoms with Crippen LogP contribution < -0.4 is 10.1 Å². The second kappa shape index (κ2) is 7.16. The van der Waals surface area contributed by atoms with Crippen LogP contribution in [0.3, 0.4) is 0 Å². The number of rotatable bonds is 4. The number of carbonyl (C=O) groups is 1. The molecule has 1 amide bonds. The van der Waals surface area contributed by atoms with Crippen LogP contribution in [0.1, 0.15) is 50.3 Å². The molecule has 1 unspecified atom stereocenters. The number of anilines is 1. The maximum absolute atomic E-state index is 12.1. The van der Waals surface area contributed by atoms with E-state index in [1.54, 1.807) is 11.3 Å². The van der Waals surface area contributed by atoms with Crippen LogP contribution in [0, 0.1) is 5.92 Å². The minimum atomic E-state index is -0.168. The summed E-state index contributed by atoms with van der Waals surface area (Å²) < 4.78 is 5.59. The number of aryl methyl sites for hydroxylation is 1. The fourth-order valence-corrected chi connectivity index (χ4v) is 4.14. The Morgan fingerprint density at radius 3 is 2.72 bits per heavy atom. The van der Waals surface area contributed by atoms with E-state index in [1.165, 1.54) is 16.9 Å². The first-order chi connectivity index (χ1) is 11.8. The minimum absolute atomic E-state index is 0.00445. The lowest BCUT2D eigenvalue weighted by Crippen LogP contribution is -2.20. The van der Waals surface area contributed by atoms with Gasteiger partial charge in [-0.2, -0.15) is 0 Å². The van der Waals surface area contributed by atoms with Crippen LogP contribution >= 0.6 is 11.3 Å². The number of benzene rings is 1. The summed E-state index contributed by atoms with van der Waals surface area (Å²) in [6.07, 6.45) is 3.26. The van der Waals surface area contributed by atoms with Crippen molar-refractivity contribution >= 4 is 22.4 Å². The van der Waals surface area contributed by atoms with Crippen LogP contribution in [0.25, 0.3) is 0 Å². The highest BCUT2D eigenvalue weighted by atomic mass is 32.1. The molecule has 0 fully saturated rings. The van der Waals surface area contributed by atoms with Gasteiger partial charge in [0.15, 0.2) is 11.7 Å². The van der Waals surface area contributed by atoms with E-state index in [4.69, 9.17) is 4.74 Å². The summed E-state index contributed by atoms with van der Waals surface area (Å²) in [5.74, 6) is 1.24. The van der Waals surface area contributed by atoms with Crippen molar-refractivity contribution in [3.63, 3.8) is 0 Å². The number of hydrogen-bond donors (Lipinski definition) is 1. The van der Waals surface area contributed by atoms with Crippen LogP contribution in [0.2, 0.25) is 0 Å². The Balaban J connectivity index is 1.53. The molecule has 0 bridgehead atoms. The van der Waals surface area contributed by atoms with Gasteiger partial charge < -0.3 is 4.74 Å². The summed E-state index contributed by atoms with van der Waals surface area (Å²) >= 11 is 1.60. The lowest BCUT2D eigenvalue weighted by atomic mass is 9.87. The van der Waals surface area contributed by atoms with Gasteiger partial charge in [-0.25, -0.2) is 4.98 Å². The van der Waals surface area contributed by atoms with Crippen molar-refractivity contribution in [1.29, 1.82) is 0 Å². The van der Waals surface area contributed by atoms with Crippen molar-refractivity contribution in [3.05, 3.63) is 40.4 Å². The zero-order valence-electron chi connectivity index (χ0n) is 15.4. The fraction of sp³-hybridized carbons (Fsp3) is 0.500. The molecule has 0 spiro atoms. The maximum atomic E-state index is 12.1. The number of hydrogen-bond acceptors (Lipinski definition) is 4. The van der Waals surface area contributed by atoms with E-state index >= 15 is 0 Å². The molecular formula is C20H26N2O2S. The van der Waals surface area contributed by atoms with Crippen molar-refractivity contribution in [2.45, 2.75) is 52.4 Å². The monoisotopic (exact) mass is 358 g/mol. The number of nitrogens with zero attached hydrogens (tertiary/aromatic N) is 1. The SMILES string of the molecule is CC1CCc2nc(NC(=O)COc3ccc(C(C)(C)C)cc3)sc2C1. The summed E-state index contributed by atoms with van der Waals surface area (Å²) in [5, 5.41) is 3.55. The van der Waals surface area contributed by atoms with E-state index in [1.807, 2.05) is 24.3 Å². The Morgan fingerprint density at radius 1 is 1.32 bits per heavy atom. The normalized spacial score (nSPS) is 17.0. The van der Waals surface area contributed by atoms with Gasteiger partial charge in [-0.15, -0.1) is 11.3 Å². The van der Waals surface area contributed by atoms with Crippen LogP contribution in [-0.4, -0.2) is 17.5 Å². The van der Waals surface area contributed by atoms with Crippen molar-refractivity contribution < 1.29 is 9.53 Å². The highest BCUT2D eigenvalue weighted by Gasteiger charge is 2.20. The number of aromatic nitrogens is 1.